The number of hydrogen-bond donors (Lipinski definition) is 2. The number of hydrogen-bond acceptors (Lipinski definition) is 4. The molecule has 0 aromatic heterocycles. The molecule has 0 spiro atoms. The molecule has 1 rings (SSSR count). The normalized spacial score (nSPS) is 12.3. The smallest absolute Gasteiger partial charge is 0.255 e. The lowest BCUT2D eigenvalue weighted by molar-refractivity contribution is 0.0919. The highest BCUT2D eigenvalue weighted by molar-refractivity contribution is 5.96. The minimum Gasteiger partial charge on any atom is -0.491 e. The lowest BCUT2D eigenvalue weighted by atomic mass is 10.2. The van der Waals surface area contributed by atoms with Gasteiger partial charge in [0.15, 0.2) is 0 Å². The maximum atomic E-state index is 12.0. The Hall–Kier alpha value is -1.59. The Morgan fingerprint density at radius 2 is 2.11 bits per heavy atom. The van der Waals surface area contributed by atoms with Crippen molar-refractivity contribution in [1.82, 2.24) is 10.2 Å². The van der Waals surface area contributed by atoms with Crippen molar-refractivity contribution in [1.29, 1.82) is 0 Å². The maximum Gasteiger partial charge on any atom is 0.255 e. The number of rotatable bonds is 7. The molecule has 0 aliphatic carbocycles. The summed E-state index contributed by atoms with van der Waals surface area (Å²) in [6.07, 6.45) is -0.564. The highest BCUT2D eigenvalue weighted by atomic mass is 16.5. The number of carbonyl (C=O) groups excluding carboxylic acids is 1. The van der Waals surface area contributed by atoms with Gasteiger partial charge in [-0.1, -0.05) is 12.1 Å². The number of likely N-dealkylation sites (N-methyl/N-ethyl adjacent to an activating group) is 1. The van der Waals surface area contributed by atoms with E-state index in [0.29, 0.717) is 17.9 Å². The van der Waals surface area contributed by atoms with Gasteiger partial charge in [0.05, 0.1) is 11.7 Å². The van der Waals surface area contributed by atoms with Crippen molar-refractivity contribution < 1.29 is 14.6 Å². The van der Waals surface area contributed by atoms with Gasteiger partial charge in [0.1, 0.15) is 12.4 Å². The van der Waals surface area contributed by atoms with Gasteiger partial charge in [0.2, 0.25) is 0 Å². The Kier molecular flexibility index (Phi) is 6.32. The van der Waals surface area contributed by atoms with E-state index in [4.69, 9.17) is 9.84 Å². The largest absolute Gasteiger partial charge is 0.491 e. The zero-order valence-corrected chi connectivity index (χ0v) is 11.7. The summed E-state index contributed by atoms with van der Waals surface area (Å²) < 4.78 is 5.61. The third-order valence-electron chi connectivity index (χ3n) is 2.49. The standard InChI is InChI=1S/C14H22N2O3/c1-11(17)10-15-14(18)12-6-4-5-7-13(12)19-9-8-16(2)3/h4-7,11,17H,8-10H2,1-3H3,(H,15,18). The van der Waals surface area contributed by atoms with E-state index in [-0.39, 0.29) is 12.5 Å². The van der Waals surface area contributed by atoms with Gasteiger partial charge in [-0.05, 0) is 33.2 Å². The van der Waals surface area contributed by atoms with Crippen LogP contribution in [0.15, 0.2) is 24.3 Å². The van der Waals surface area contributed by atoms with Crippen LogP contribution in [0.5, 0.6) is 5.75 Å². The molecule has 0 heterocycles. The van der Waals surface area contributed by atoms with Crippen LogP contribution < -0.4 is 10.1 Å². The van der Waals surface area contributed by atoms with Crippen LogP contribution in [0.4, 0.5) is 0 Å². The van der Waals surface area contributed by atoms with E-state index in [2.05, 4.69) is 5.32 Å². The first-order valence-electron chi connectivity index (χ1n) is 6.33. The predicted octanol–water partition coefficient (Wildman–Crippen LogP) is 0.738. The summed E-state index contributed by atoms with van der Waals surface area (Å²) in [4.78, 5) is 14.0. The van der Waals surface area contributed by atoms with Gasteiger partial charge in [0, 0.05) is 13.1 Å². The average Bonchev–Trinajstić information content (AvgIpc) is 2.36. The Morgan fingerprint density at radius 1 is 1.42 bits per heavy atom. The van der Waals surface area contributed by atoms with Crippen LogP contribution in [-0.4, -0.2) is 55.8 Å². The fourth-order valence-corrected chi connectivity index (χ4v) is 1.45. The van der Waals surface area contributed by atoms with Crippen molar-refractivity contribution in [3.8, 4) is 5.75 Å². The lowest BCUT2D eigenvalue weighted by Crippen LogP contribution is -2.31. The molecule has 0 bridgehead atoms. The van der Waals surface area contributed by atoms with E-state index in [1.807, 2.05) is 25.1 Å². The number of aliphatic hydroxyl groups is 1. The van der Waals surface area contributed by atoms with Gasteiger partial charge in [-0.2, -0.15) is 0 Å². The summed E-state index contributed by atoms with van der Waals surface area (Å²) in [5.41, 5.74) is 0.488. The van der Waals surface area contributed by atoms with Crippen LogP contribution in [0, 0.1) is 0 Å². The van der Waals surface area contributed by atoms with Crippen molar-refractivity contribution in [2.24, 2.45) is 0 Å². The molecule has 1 amide bonds. The summed E-state index contributed by atoms with van der Waals surface area (Å²) in [6, 6.07) is 7.10. The second kappa shape index (κ2) is 7.76. The number of aliphatic hydroxyl groups excluding tert-OH is 1. The number of nitrogens with zero attached hydrogens (tertiary/aromatic N) is 1. The number of amides is 1. The highest BCUT2D eigenvalue weighted by Gasteiger charge is 2.12. The first-order valence-corrected chi connectivity index (χ1v) is 6.33. The van der Waals surface area contributed by atoms with Crippen molar-refractivity contribution in [2.75, 3.05) is 33.8 Å². The second-order valence-electron chi connectivity index (χ2n) is 4.71. The van der Waals surface area contributed by atoms with Crippen LogP contribution >= 0.6 is 0 Å². The molecular formula is C14H22N2O3. The van der Waals surface area contributed by atoms with Gasteiger partial charge >= 0.3 is 0 Å². The molecule has 1 aromatic carbocycles. The van der Waals surface area contributed by atoms with E-state index in [1.54, 1.807) is 25.1 Å². The van der Waals surface area contributed by atoms with Crippen LogP contribution in [0.3, 0.4) is 0 Å². The quantitative estimate of drug-likeness (QED) is 0.764. The summed E-state index contributed by atoms with van der Waals surface area (Å²) in [5, 5.41) is 11.8. The number of ether oxygens (including phenoxy) is 1. The molecule has 5 heteroatoms. The van der Waals surface area contributed by atoms with Crippen molar-refractivity contribution >= 4 is 5.91 Å². The SMILES string of the molecule is CC(O)CNC(=O)c1ccccc1OCCN(C)C. The first-order chi connectivity index (χ1) is 9.00. The fourth-order valence-electron chi connectivity index (χ4n) is 1.45. The van der Waals surface area contributed by atoms with E-state index in [9.17, 15) is 4.79 Å². The Balaban J connectivity index is 2.64. The fraction of sp³-hybridized carbons (Fsp3) is 0.500. The molecule has 0 radical (unpaired) electrons. The molecule has 5 nitrogen and oxygen atoms in total. The molecule has 0 saturated heterocycles. The average molecular weight is 266 g/mol. The number of para-hydroxylation sites is 1. The molecule has 0 aliphatic heterocycles. The molecule has 1 atom stereocenters. The Morgan fingerprint density at radius 3 is 2.74 bits per heavy atom. The zero-order chi connectivity index (χ0) is 14.3. The molecule has 0 fully saturated rings. The molecule has 2 N–H and O–H groups in total. The molecule has 0 saturated carbocycles. The van der Waals surface area contributed by atoms with Crippen LogP contribution in [0.1, 0.15) is 17.3 Å². The molecule has 1 aromatic rings. The maximum absolute atomic E-state index is 12.0. The molecule has 1 unspecified atom stereocenters. The monoisotopic (exact) mass is 266 g/mol. The summed E-state index contributed by atoms with van der Waals surface area (Å²) in [6.45, 7) is 3.15. The molecule has 106 valence electrons. The minimum absolute atomic E-state index is 0.227. The molecule has 19 heavy (non-hydrogen) atoms. The van der Waals surface area contributed by atoms with Crippen LogP contribution in [0.2, 0.25) is 0 Å². The van der Waals surface area contributed by atoms with Gasteiger partial charge in [-0.15, -0.1) is 0 Å². The van der Waals surface area contributed by atoms with Gasteiger partial charge in [-0.3, -0.25) is 4.79 Å². The summed E-state index contributed by atoms with van der Waals surface area (Å²) in [5.74, 6) is 0.328. The Bertz CT molecular complexity index is 405. The van der Waals surface area contributed by atoms with E-state index >= 15 is 0 Å². The van der Waals surface area contributed by atoms with Crippen molar-refractivity contribution in [3.05, 3.63) is 29.8 Å². The number of nitrogens with one attached hydrogen (secondary N) is 1. The van der Waals surface area contributed by atoms with Crippen LogP contribution in [-0.2, 0) is 0 Å². The van der Waals surface area contributed by atoms with E-state index in [0.717, 1.165) is 6.54 Å². The third kappa shape index (κ3) is 5.72. The zero-order valence-electron chi connectivity index (χ0n) is 11.7. The minimum atomic E-state index is -0.564. The number of benzene rings is 1. The van der Waals surface area contributed by atoms with E-state index in [1.165, 1.54) is 0 Å². The second-order valence-corrected chi connectivity index (χ2v) is 4.71. The number of carbonyl (C=O) groups is 1. The predicted molar refractivity (Wildman–Crippen MR) is 74.5 cm³/mol. The van der Waals surface area contributed by atoms with Crippen molar-refractivity contribution in [2.45, 2.75) is 13.0 Å². The van der Waals surface area contributed by atoms with E-state index < -0.39 is 6.10 Å². The molecular weight excluding hydrogens is 244 g/mol. The highest BCUT2D eigenvalue weighted by Crippen LogP contribution is 2.17. The summed E-state index contributed by atoms with van der Waals surface area (Å²) in [7, 11) is 3.93. The summed E-state index contributed by atoms with van der Waals surface area (Å²) >= 11 is 0. The van der Waals surface area contributed by atoms with Gasteiger partial charge < -0.3 is 20.1 Å². The third-order valence-corrected chi connectivity index (χ3v) is 2.49. The topological polar surface area (TPSA) is 61.8 Å². The van der Waals surface area contributed by atoms with Gasteiger partial charge in [0.25, 0.3) is 5.91 Å². The van der Waals surface area contributed by atoms with Crippen LogP contribution in [0.25, 0.3) is 0 Å². The molecule has 0 aliphatic rings. The van der Waals surface area contributed by atoms with Crippen molar-refractivity contribution in [3.63, 3.8) is 0 Å². The van der Waals surface area contributed by atoms with Gasteiger partial charge in [-0.25, -0.2) is 0 Å². The first kappa shape index (κ1) is 15.5. The Labute approximate surface area is 114 Å². The lowest BCUT2D eigenvalue weighted by Gasteiger charge is -2.14.